The summed E-state index contributed by atoms with van der Waals surface area (Å²) in [5, 5.41) is 0. The van der Waals surface area contributed by atoms with Gasteiger partial charge in [0.25, 0.3) is 5.91 Å². The number of fused-ring (bicyclic) bond motifs is 1. The van der Waals surface area contributed by atoms with Gasteiger partial charge in [-0.05, 0) is 37.0 Å². The average Bonchev–Trinajstić information content (AvgIpc) is 2.93. The highest BCUT2D eigenvalue weighted by molar-refractivity contribution is 5.95. The molecule has 2 aliphatic rings. The number of benzene rings is 1. The Morgan fingerprint density at radius 3 is 2.75 bits per heavy atom. The summed E-state index contributed by atoms with van der Waals surface area (Å²) in [6, 6.07) is 5.77. The Morgan fingerprint density at radius 2 is 1.95 bits per heavy atom. The number of amides is 1. The highest BCUT2D eigenvalue weighted by Gasteiger charge is 2.29. The fourth-order valence-corrected chi connectivity index (χ4v) is 3.26. The first-order valence-corrected chi connectivity index (χ1v) is 7.33. The molecule has 2 unspecified atom stereocenters. The lowest BCUT2D eigenvalue weighted by Crippen LogP contribution is -2.42. The van der Waals surface area contributed by atoms with E-state index in [0.717, 1.165) is 12.2 Å². The normalized spacial score (nSPS) is 24.5. The Labute approximate surface area is 119 Å². The molecule has 0 bridgehead atoms. The molecule has 0 spiro atoms. The smallest absolute Gasteiger partial charge is 0.253 e. The summed E-state index contributed by atoms with van der Waals surface area (Å²) in [4.78, 5) is 14.5. The molecule has 4 nitrogen and oxygen atoms in total. The molecule has 1 fully saturated rings. The van der Waals surface area contributed by atoms with Gasteiger partial charge in [0.1, 0.15) is 0 Å². The van der Waals surface area contributed by atoms with Crippen LogP contribution >= 0.6 is 0 Å². The largest absolute Gasteiger partial charge is 0.454 e. The van der Waals surface area contributed by atoms with E-state index in [0.29, 0.717) is 23.3 Å². The summed E-state index contributed by atoms with van der Waals surface area (Å²) in [6.07, 6.45) is 4.81. The van der Waals surface area contributed by atoms with Crippen molar-refractivity contribution in [3.05, 3.63) is 23.8 Å². The van der Waals surface area contributed by atoms with Crippen molar-refractivity contribution in [1.29, 1.82) is 0 Å². The van der Waals surface area contributed by atoms with E-state index >= 15 is 0 Å². The van der Waals surface area contributed by atoms with Gasteiger partial charge in [-0.2, -0.15) is 0 Å². The van der Waals surface area contributed by atoms with E-state index in [2.05, 4.69) is 6.92 Å². The summed E-state index contributed by atoms with van der Waals surface area (Å²) >= 11 is 0. The van der Waals surface area contributed by atoms with Crippen LogP contribution in [0.2, 0.25) is 0 Å². The molecule has 108 valence electrons. The lowest BCUT2D eigenvalue weighted by molar-refractivity contribution is 0.0628. The molecule has 0 N–H and O–H groups in total. The van der Waals surface area contributed by atoms with Crippen LogP contribution in [0.25, 0.3) is 0 Å². The number of carbonyl (C=O) groups excluding carboxylic acids is 1. The summed E-state index contributed by atoms with van der Waals surface area (Å²) < 4.78 is 10.6. The molecule has 1 saturated carbocycles. The van der Waals surface area contributed by atoms with E-state index in [9.17, 15) is 4.79 Å². The van der Waals surface area contributed by atoms with E-state index in [1.54, 1.807) is 6.07 Å². The van der Waals surface area contributed by atoms with Gasteiger partial charge in [0, 0.05) is 18.7 Å². The lowest BCUT2D eigenvalue weighted by Gasteiger charge is -2.36. The van der Waals surface area contributed by atoms with E-state index in [-0.39, 0.29) is 12.7 Å². The summed E-state index contributed by atoms with van der Waals surface area (Å²) in [5.74, 6) is 2.03. The van der Waals surface area contributed by atoms with Crippen molar-refractivity contribution in [2.75, 3.05) is 13.8 Å². The van der Waals surface area contributed by atoms with Crippen molar-refractivity contribution in [3.63, 3.8) is 0 Å². The zero-order valence-electron chi connectivity index (χ0n) is 12.1. The Balaban J connectivity index is 1.77. The molecule has 1 aliphatic carbocycles. The van der Waals surface area contributed by atoms with Crippen molar-refractivity contribution in [2.45, 2.75) is 38.6 Å². The number of carbonyl (C=O) groups is 1. The van der Waals surface area contributed by atoms with Crippen LogP contribution < -0.4 is 9.47 Å². The Kier molecular flexibility index (Phi) is 3.55. The molecule has 0 saturated heterocycles. The molecule has 1 aromatic rings. The van der Waals surface area contributed by atoms with Crippen LogP contribution in [0.4, 0.5) is 0 Å². The number of rotatable bonds is 2. The third kappa shape index (κ3) is 2.35. The van der Waals surface area contributed by atoms with Crippen LogP contribution in [0.5, 0.6) is 11.5 Å². The summed E-state index contributed by atoms with van der Waals surface area (Å²) in [6.45, 7) is 2.48. The van der Waals surface area contributed by atoms with Crippen LogP contribution in [0, 0.1) is 5.92 Å². The van der Waals surface area contributed by atoms with Crippen LogP contribution in [0.1, 0.15) is 43.0 Å². The van der Waals surface area contributed by atoms with Crippen LogP contribution in [0.15, 0.2) is 18.2 Å². The first kappa shape index (κ1) is 13.3. The van der Waals surface area contributed by atoms with Crippen molar-refractivity contribution in [1.82, 2.24) is 4.90 Å². The molecular weight excluding hydrogens is 254 g/mol. The first-order chi connectivity index (χ1) is 9.66. The second-order valence-corrected chi connectivity index (χ2v) is 5.81. The van der Waals surface area contributed by atoms with Crippen molar-refractivity contribution in [3.8, 4) is 11.5 Å². The fourth-order valence-electron chi connectivity index (χ4n) is 3.26. The van der Waals surface area contributed by atoms with Gasteiger partial charge in [-0.1, -0.05) is 19.8 Å². The van der Waals surface area contributed by atoms with E-state index in [1.165, 1.54) is 19.3 Å². The van der Waals surface area contributed by atoms with E-state index < -0.39 is 0 Å². The number of ether oxygens (including phenoxy) is 2. The Morgan fingerprint density at radius 1 is 1.20 bits per heavy atom. The maximum absolute atomic E-state index is 12.6. The maximum atomic E-state index is 12.6. The van der Waals surface area contributed by atoms with Crippen molar-refractivity contribution >= 4 is 5.91 Å². The highest BCUT2D eigenvalue weighted by atomic mass is 16.7. The molecule has 4 heteroatoms. The Hall–Kier alpha value is -1.71. The predicted molar refractivity (Wildman–Crippen MR) is 76.1 cm³/mol. The molecule has 1 amide bonds. The van der Waals surface area contributed by atoms with Gasteiger partial charge in [0.2, 0.25) is 6.79 Å². The minimum absolute atomic E-state index is 0.0713. The zero-order valence-corrected chi connectivity index (χ0v) is 12.1. The second kappa shape index (κ2) is 5.35. The van der Waals surface area contributed by atoms with Crippen LogP contribution in [0.3, 0.4) is 0 Å². The minimum atomic E-state index is 0.0713. The zero-order chi connectivity index (χ0) is 14.1. The number of nitrogens with zero attached hydrogens (tertiary/aromatic N) is 1. The van der Waals surface area contributed by atoms with Gasteiger partial charge in [0.05, 0.1) is 0 Å². The molecular formula is C16H21NO3. The summed E-state index contributed by atoms with van der Waals surface area (Å²) in [5.41, 5.74) is 0.675. The quantitative estimate of drug-likeness (QED) is 0.832. The second-order valence-electron chi connectivity index (χ2n) is 5.81. The molecule has 1 heterocycles. The molecule has 1 aromatic carbocycles. The fraction of sp³-hybridized carbons (Fsp3) is 0.562. The monoisotopic (exact) mass is 275 g/mol. The minimum Gasteiger partial charge on any atom is -0.454 e. The average molecular weight is 275 g/mol. The SMILES string of the molecule is CC1CCCCC1N(C)C(=O)c1ccc2c(c1)OCO2. The molecule has 2 atom stereocenters. The molecule has 20 heavy (non-hydrogen) atoms. The van der Waals surface area contributed by atoms with Gasteiger partial charge in [-0.3, -0.25) is 4.79 Å². The van der Waals surface area contributed by atoms with Gasteiger partial charge in [-0.25, -0.2) is 0 Å². The highest BCUT2D eigenvalue weighted by Crippen LogP contribution is 2.34. The van der Waals surface area contributed by atoms with Gasteiger partial charge in [-0.15, -0.1) is 0 Å². The van der Waals surface area contributed by atoms with Crippen molar-refractivity contribution in [2.24, 2.45) is 5.92 Å². The number of hydrogen-bond donors (Lipinski definition) is 0. The summed E-state index contributed by atoms with van der Waals surface area (Å²) in [7, 11) is 1.92. The van der Waals surface area contributed by atoms with Crippen molar-refractivity contribution < 1.29 is 14.3 Å². The van der Waals surface area contributed by atoms with E-state index in [1.807, 2.05) is 24.1 Å². The molecule has 1 aliphatic heterocycles. The van der Waals surface area contributed by atoms with Gasteiger partial charge < -0.3 is 14.4 Å². The lowest BCUT2D eigenvalue weighted by atomic mass is 9.85. The standard InChI is InChI=1S/C16H21NO3/c1-11-5-3-4-6-13(11)17(2)16(18)12-7-8-14-15(9-12)20-10-19-14/h7-9,11,13H,3-6,10H2,1-2H3. The molecule has 0 radical (unpaired) electrons. The first-order valence-electron chi connectivity index (χ1n) is 7.33. The molecule has 0 aromatic heterocycles. The van der Waals surface area contributed by atoms with Crippen LogP contribution in [-0.4, -0.2) is 30.7 Å². The topological polar surface area (TPSA) is 38.8 Å². The third-order valence-electron chi connectivity index (χ3n) is 4.50. The molecule has 3 rings (SSSR count). The third-order valence-corrected chi connectivity index (χ3v) is 4.50. The predicted octanol–water partition coefficient (Wildman–Crippen LogP) is 3.07. The Bertz CT molecular complexity index is 514. The number of hydrogen-bond acceptors (Lipinski definition) is 3. The van der Waals surface area contributed by atoms with Gasteiger partial charge >= 0.3 is 0 Å². The van der Waals surface area contributed by atoms with Gasteiger partial charge in [0.15, 0.2) is 11.5 Å². The van der Waals surface area contributed by atoms with Crippen LogP contribution in [-0.2, 0) is 0 Å². The van der Waals surface area contributed by atoms with E-state index in [4.69, 9.17) is 9.47 Å². The maximum Gasteiger partial charge on any atom is 0.253 e.